The Kier molecular flexibility index (Phi) is 4.37. The highest BCUT2D eigenvalue weighted by atomic mass is 16.3. The molecular weight excluding hydrogens is 256 g/mol. The average molecular weight is 274 g/mol. The van der Waals surface area contributed by atoms with Crippen LogP contribution in [0.4, 0.5) is 5.69 Å². The summed E-state index contributed by atoms with van der Waals surface area (Å²) < 4.78 is 5.44. The highest BCUT2D eigenvalue weighted by molar-refractivity contribution is 5.91. The zero-order chi connectivity index (χ0) is 14.5. The van der Waals surface area contributed by atoms with Gasteiger partial charge in [0.1, 0.15) is 11.5 Å². The summed E-state index contributed by atoms with van der Waals surface area (Å²) in [6.07, 6.45) is 3.21. The second-order valence-electron chi connectivity index (χ2n) is 4.67. The molecule has 6 heteroatoms. The maximum atomic E-state index is 11.1. The maximum absolute atomic E-state index is 11.1. The molecule has 2 aromatic heterocycles. The van der Waals surface area contributed by atoms with E-state index in [4.69, 9.17) is 10.2 Å². The molecule has 0 aliphatic heterocycles. The molecule has 0 aliphatic rings. The summed E-state index contributed by atoms with van der Waals surface area (Å²) in [5.41, 5.74) is 6.25. The highest BCUT2D eigenvalue weighted by Crippen LogP contribution is 2.19. The summed E-state index contributed by atoms with van der Waals surface area (Å²) in [6.45, 7) is 0.642. The van der Waals surface area contributed by atoms with Crippen LogP contribution in [0, 0.1) is 0 Å². The predicted octanol–water partition coefficient (Wildman–Crippen LogP) is 1.49. The third-order valence-electron chi connectivity index (χ3n) is 3.01. The van der Waals surface area contributed by atoms with Crippen LogP contribution in [-0.2, 0) is 0 Å². The molecule has 0 fully saturated rings. The van der Waals surface area contributed by atoms with Gasteiger partial charge >= 0.3 is 0 Å². The van der Waals surface area contributed by atoms with E-state index < -0.39 is 5.91 Å². The second-order valence-corrected chi connectivity index (χ2v) is 4.67. The molecule has 6 nitrogen and oxygen atoms in total. The van der Waals surface area contributed by atoms with Crippen LogP contribution in [0.5, 0.6) is 0 Å². The Bertz CT molecular complexity index is 566. The van der Waals surface area contributed by atoms with Crippen molar-refractivity contribution in [1.82, 2.24) is 9.88 Å². The fraction of sp³-hybridized carbons (Fsp3) is 0.286. The molecule has 3 N–H and O–H groups in total. The van der Waals surface area contributed by atoms with Crippen molar-refractivity contribution < 1.29 is 9.21 Å². The van der Waals surface area contributed by atoms with Gasteiger partial charge in [0.2, 0.25) is 0 Å². The van der Waals surface area contributed by atoms with E-state index in [0.717, 1.165) is 11.4 Å². The van der Waals surface area contributed by atoms with Gasteiger partial charge in [-0.05, 0) is 38.4 Å². The molecule has 2 rings (SSSR count). The van der Waals surface area contributed by atoms with E-state index in [1.807, 2.05) is 26.2 Å². The van der Waals surface area contributed by atoms with Crippen LogP contribution >= 0.6 is 0 Å². The Labute approximate surface area is 117 Å². The number of likely N-dealkylation sites (N-methyl/N-ethyl adjacent to an activating group) is 1. The van der Waals surface area contributed by atoms with E-state index in [1.54, 1.807) is 24.6 Å². The molecule has 0 bridgehead atoms. The molecule has 1 atom stereocenters. The molecule has 106 valence electrons. The van der Waals surface area contributed by atoms with E-state index in [1.165, 1.54) is 0 Å². The normalized spacial score (nSPS) is 12.3. The first-order valence-electron chi connectivity index (χ1n) is 6.27. The largest absolute Gasteiger partial charge is 0.468 e. The molecule has 20 heavy (non-hydrogen) atoms. The third kappa shape index (κ3) is 3.36. The first kappa shape index (κ1) is 14.1. The number of hydrogen-bond donors (Lipinski definition) is 2. The van der Waals surface area contributed by atoms with Gasteiger partial charge in [-0.25, -0.2) is 0 Å². The van der Waals surface area contributed by atoms with Crippen molar-refractivity contribution in [1.29, 1.82) is 0 Å². The van der Waals surface area contributed by atoms with Crippen LogP contribution < -0.4 is 11.1 Å². The highest BCUT2D eigenvalue weighted by Gasteiger charge is 2.16. The fourth-order valence-electron chi connectivity index (χ4n) is 1.91. The van der Waals surface area contributed by atoms with E-state index in [-0.39, 0.29) is 11.7 Å². The van der Waals surface area contributed by atoms with Crippen LogP contribution in [0.25, 0.3) is 0 Å². The first-order valence-corrected chi connectivity index (χ1v) is 6.27. The molecule has 0 aromatic carbocycles. The Balaban J connectivity index is 2.06. The van der Waals surface area contributed by atoms with E-state index in [0.29, 0.717) is 6.54 Å². The van der Waals surface area contributed by atoms with Gasteiger partial charge in [-0.2, -0.15) is 0 Å². The number of primary amides is 1. The number of furan rings is 1. The van der Waals surface area contributed by atoms with Gasteiger partial charge in [-0.3, -0.25) is 14.7 Å². The summed E-state index contributed by atoms with van der Waals surface area (Å²) in [5.74, 6) is 0.343. The minimum Gasteiger partial charge on any atom is -0.468 e. The number of anilines is 1. The smallest absolute Gasteiger partial charge is 0.267 e. The summed E-state index contributed by atoms with van der Waals surface area (Å²) in [6, 6.07) is 7.32. The average Bonchev–Trinajstić information content (AvgIpc) is 2.93. The number of hydrogen-bond acceptors (Lipinski definition) is 5. The Morgan fingerprint density at radius 1 is 1.50 bits per heavy atom. The topological polar surface area (TPSA) is 84.4 Å². The number of rotatable bonds is 6. The van der Waals surface area contributed by atoms with E-state index >= 15 is 0 Å². The number of nitrogens with one attached hydrogen (secondary N) is 1. The van der Waals surface area contributed by atoms with Crippen molar-refractivity contribution in [3.8, 4) is 0 Å². The molecule has 1 amide bonds. The molecule has 0 spiro atoms. The van der Waals surface area contributed by atoms with E-state index in [2.05, 4.69) is 15.2 Å². The monoisotopic (exact) mass is 274 g/mol. The minimum atomic E-state index is -0.538. The standard InChI is InChI=1S/C14H18N4O2/c1-18(2)12(13-4-3-7-20-13)9-17-10-5-6-16-11(8-10)14(15)19/h3-8,12H,9H2,1-2H3,(H2,15,19)(H,16,17). The molecular formula is C14H18N4O2. The lowest BCUT2D eigenvalue weighted by Crippen LogP contribution is -2.26. The summed E-state index contributed by atoms with van der Waals surface area (Å²) in [7, 11) is 3.96. The van der Waals surface area contributed by atoms with Crippen molar-refractivity contribution in [2.75, 3.05) is 26.0 Å². The van der Waals surface area contributed by atoms with Crippen LogP contribution in [0.3, 0.4) is 0 Å². The Hall–Kier alpha value is -2.34. The molecule has 2 aromatic rings. The minimum absolute atomic E-state index is 0.0928. The lowest BCUT2D eigenvalue weighted by atomic mass is 10.2. The van der Waals surface area contributed by atoms with Crippen molar-refractivity contribution in [2.24, 2.45) is 5.73 Å². The lowest BCUT2D eigenvalue weighted by molar-refractivity contribution is 0.0995. The van der Waals surface area contributed by atoms with Crippen molar-refractivity contribution in [3.63, 3.8) is 0 Å². The summed E-state index contributed by atoms with van der Waals surface area (Å²) >= 11 is 0. The van der Waals surface area contributed by atoms with Gasteiger partial charge in [0, 0.05) is 18.4 Å². The molecule has 0 radical (unpaired) electrons. The van der Waals surface area contributed by atoms with Crippen LogP contribution in [0.2, 0.25) is 0 Å². The van der Waals surface area contributed by atoms with Gasteiger partial charge < -0.3 is 15.5 Å². The molecule has 0 saturated carbocycles. The molecule has 2 heterocycles. The van der Waals surface area contributed by atoms with Crippen LogP contribution in [0.1, 0.15) is 22.3 Å². The fourth-order valence-corrected chi connectivity index (χ4v) is 1.91. The third-order valence-corrected chi connectivity index (χ3v) is 3.01. The number of nitrogens with zero attached hydrogens (tertiary/aromatic N) is 2. The lowest BCUT2D eigenvalue weighted by Gasteiger charge is -2.23. The van der Waals surface area contributed by atoms with Gasteiger partial charge in [-0.1, -0.05) is 0 Å². The van der Waals surface area contributed by atoms with Crippen molar-refractivity contribution in [2.45, 2.75) is 6.04 Å². The maximum Gasteiger partial charge on any atom is 0.267 e. The number of pyridine rings is 1. The van der Waals surface area contributed by atoms with Crippen LogP contribution in [0.15, 0.2) is 41.1 Å². The SMILES string of the molecule is CN(C)C(CNc1ccnc(C(N)=O)c1)c1ccco1. The second kappa shape index (κ2) is 6.21. The first-order chi connectivity index (χ1) is 9.58. The zero-order valence-corrected chi connectivity index (χ0v) is 11.5. The Morgan fingerprint density at radius 2 is 2.30 bits per heavy atom. The van der Waals surface area contributed by atoms with Gasteiger partial charge in [0.25, 0.3) is 5.91 Å². The number of carbonyl (C=O) groups excluding carboxylic acids is 1. The number of carbonyl (C=O) groups is 1. The zero-order valence-electron chi connectivity index (χ0n) is 11.5. The van der Waals surface area contributed by atoms with E-state index in [9.17, 15) is 4.79 Å². The van der Waals surface area contributed by atoms with Crippen molar-refractivity contribution >= 4 is 11.6 Å². The Morgan fingerprint density at radius 3 is 2.90 bits per heavy atom. The van der Waals surface area contributed by atoms with Gasteiger partial charge in [0.15, 0.2) is 0 Å². The quantitative estimate of drug-likeness (QED) is 0.833. The predicted molar refractivity (Wildman–Crippen MR) is 76.4 cm³/mol. The van der Waals surface area contributed by atoms with Gasteiger partial charge in [-0.15, -0.1) is 0 Å². The number of nitrogens with two attached hydrogens (primary N) is 1. The summed E-state index contributed by atoms with van der Waals surface area (Å²) in [5, 5.41) is 3.26. The van der Waals surface area contributed by atoms with Crippen molar-refractivity contribution in [3.05, 3.63) is 48.2 Å². The number of aromatic nitrogens is 1. The molecule has 0 aliphatic carbocycles. The number of amides is 1. The van der Waals surface area contributed by atoms with Gasteiger partial charge in [0.05, 0.1) is 12.3 Å². The molecule has 0 saturated heterocycles. The summed E-state index contributed by atoms with van der Waals surface area (Å²) in [4.78, 5) is 17.1. The molecule has 1 unspecified atom stereocenters. The van der Waals surface area contributed by atoms with Crippen LogP contribution in [-0.4, -0.2) is 36.4 Å².